The van der Waals surface area contributed by atoms with E-state index < -0.39 is 10.0 Å². The molecule has 1 amide bonds. The molecule has 122 valence electrons. The third-order valence-electron chi connectivity index (χ3n) is 3.27. The zero-order valence-electron chi connectivity index (χ0n) is 12.6. The summed E-state index contributed by atoms with van der Waals surface area (Å²) in [6.45, 7) is 2.66. The summed E-state index contributed by atoms with van der Waals surface area (Å²) in [5.41, 5.74) is 0.555. The zero-order chi connectivity index (χ0) is 16.2. The summed E-state index contributed by atoms with van der Waals surface area (Å²) in [7, 11) is -2.01. The minimum Gasteiger partial charge on any atom is -0.385 e. The molecule has 0 saturated heterocycles. The topological polar surface area (TPSA) is 84.5 Å². The predicted molar refractivity (Wildman–Crippen MR) is 86.6 cm³/mol. The Labute approximate surface area is 135 Å². The minimum absolute atomic E-state index is 0.0890. The van der Waals surface area contributed by atoms with Crippen LogP contribution in [0, 0.1) is 5.92 Å². The SMILES string of the molecule is COCCCNS(=O)(=O)c1ccc2c(c1)NC(=O)C(C)CS2. The van der Waals surface area contributed by atoms with Crippen LogP contribution in [0.25, 0.3) is 0 Å². The van der Waals surface area contributed by atoms with Crippen molar-refractivity contribution < 1.29 is 17.9 Å². The van der Waals surface area contributed by atoms with Gasteiger partial charge in [0.2, 0.25) is 15.9 Å². The lowest BCUT2D eigenvalue weighted by molar-refractivity contribution is -0.118. The molecule has 22 heavy (non-hydrogen) atoms. The molecule has 0 aromatic heterocycles. The van der Waals surface area contributed by atoms with Crippen molar-refractivity contribution in [3.05, 3.63) is 18.2 Å². The number of benzene rings is 1. The average molecular weight is 344 g/mol. The lowest BCUT2D eigenvalue weighted by atomic mass is 10.2. The maximum Gasteiger partial charge on any atom is 0.240 e. The van der Waals surface area contributed by atoms with Gasteiger partial charge in [0.15, 0.2) is 0 Å². The molecule has 0 fully saturated rings. The molecule has 1 aromatic carbocycles. The maximum atomic E-state index is 12.2. The Hall–Kier alpha value is -1.09. The number of fused-ring (bicyclic) bond motifs is 1. The van der Waals surface area contributed by atoms with Crippen LogP contribution >= 0.6 is 11.8 Å². The van der Waals surface area contributed by atoms with Gasteiger partial charge in [0.1, 0.15) is 0 Å². The fraction of sp³-hybridized carbons (Fsp3) is 0.500. The molecule has 0 spiro atoms. The Balaban J connectivity index is 2.16. The number of rotatable bonds is 6. The monoisotopic (exact) mass is 344 g/mol. The van der Waals surface area contributed by atoms with Gasteiger partial charge in [-0.3, -0.25) is 4.79 Å². The molecule has 2 N–H and O–H groups in total. The van der Waals surface area contributed by atoms with Crippen molar-refractivity contribution in [1.29, 1.82) is 0 Å². The second-order valence-corrected chi connectivity index (χ2v) is 7.93. The van der Waals surface area contributed by atoms with E-state index in [2.05, 4.69) is 10.0 Å². The molecule has 1 aliphatic rings. The number of methoxy groups -OCH3 is 1. The molecule has 8 heteroatoms. The second-order valence-electron chi connectivity index (χ2n) is 5.10. The van der Waals surface area contributed by atoms with E-state index in [0.717, 1.165) is 4.90 Å². The minimum atomic E-state index is -3.58. The molecule has 0 bridgehead atoms. The summed E-state index contributed by atoms with van der Waals surface area (Å²) in [6.07, 6.45) is 0.602. The first-order valence-electron chi connectivity index (χ1n) is 7.00. The molecular weight excluding hydrogens is 324 g/mol. The van der Waals surface area contributed by atoms with E-state index in [-0.39, 0.29) is 16.7 Å². The highest BCUT2D eigenvalue weighted by molar-refractivity contribution is 7.99. The number of amides is 1. The fourth-order valence-electron chi connectivity index (χ4n) is 1.95. The van der Waals surface area contributed by atoms with Gasteiger partial charge in [-0.1, -0.05) is 6.92 Å². The Morgan fingerprint density at radius 2 is 2.23 bits per heavy atom. The van der Waals surface area contributed by atoms with Crippen LogP contribution in [0.2, 0.25) is 0 Å². The van der Waals surface area contributed by atoms with Crippen LogP contribution in [0.3, 0.4) is 0 Å². The normalized spacial score (nSPS) is 18.5. The highest BCUT2D eigenvalue weighted by Crippen LogP contribution is 2.34. The van der Waals surface area contributed by atoms with Gasteiger partial charge in [-0.2, -0.15) is 0 Å². The number of nitrogens with one attached hydrogen (secondary N) is 2. The quantitative estimate of drug-likeness (QED) is 0.767. The van der Waals surface area contributed by atoms with Gasteiger partial charge in [-0.25, -0.2) is 13.1 Å². The van der Waals surface area contributed by atoms with E-state index in [1.54, 1.807) is 31.0 Å². The van der Waals surface area contributed by atoms with Crippen molar-refractivity contribution in [2.75, 3.05) is 31.3 Å². The fourth-order valence-corrected chi connectivity index (χ4v) is 4.06. The molecule has 0 saturated carbocycles. The first-order chi connectivity index (χ1) is 10.4. The molecule has 1 aliphatic heterocycles. The summed E-state index contributed by atoms with van der Waals surface area (Å²) >= 11 is 1.55. The van der Waals surface area contributed by atoms with Crippen LogP contribution in [0.4, 0.5) is 5.69 Å². The molecule has 1 unspecified atom stereocenters. The van der Waals surface area contributed by atoms with Crippen molar-refractivity contribution in [2.45, 2.75) is 23.1 Å². The summed E-state index contributed by atoms with van der Waals surface area (Å²) in [6, 6.07) is 4.81. The third-order valence-corrected chi connectivity index (χ3v) is 6.07. The first-order valence-corrected chi connectivity index (χ1v) is 9.47. The molecule has 6 nitrogen and oxygen atoms in total. The van der Waals surface area contributed by atoms with E-state index in [1.807, 2.05) is 6.92 Å². The maximum absolute atomic E-state index is 12.2. The van der Waals surface area contributed by atoms with Crippen molar-refractivity contribution in [3.8, 4) is 0 Å². The molecule has 0 aliphatic carbocycles. The van der Waals surface area contributed by atoms with Gasteiger partial charge in [0, 0.05) is 36.8 Å². The molecule has 1 heterocycles. The van der Waals surface area contributed by atoms with Crippen LogP contribution in [0.1, 0.15) is 13.3 Å². The second kappa shape index (κ2) is 7.45. The van der Waals surface area contributed by atoms with Crippen molar-refractivity contribution >= 4 is 33.4 Å². The number of carbonyl (C=O) groups excluding carboxylic acids is 1. The Morgan fingerprint density at radius 1 is 1.45 bits per heavy atom. The van der Waals surface area contributed by atoms with Crippen LogP contribution in [-0.2, 0) is 19.6 Å². The molecule has 1 aromatic rings. The van der Waals surface area contributed by atoms with Gasteiger partial charge >= 0.3 is 0 Å². The van der Waals surface area contributed by atoms with Crippen molar-refractivity contribution in [3.63, 3.8) is 0 Å². The summed E-state index contributed by atoms with van der Waals surface area (Å²) in [5.74, 6) is 0.485. The van der Waals surface area contributed by atoms with E-state index >= 15 is 0 Å². The number of ether oxygens (including phenoxy) is 1. The summed E-state index contributed by atoms with van der Waals surface area (Å²) in [4.78, 5) is 12.9. The number of carbonyl (C=O) groups is 1. The molecule has 2 rings (SSSR count). The van der Waals surface area contributed by atoms with Crippen LogP contribution in [-0.4, -0.2) is 40.3 Å². The summed E-state index contributed by atoms with van der Waals surface area (Å²) in [5, 5.41) is 2.79. The smallest absolute Gasteiger partial charge is 0.240 e. The highest BCUT2D eigenvalue weighted by Gasteiger charge is 2.22. The summed E-state index contributed by atoms with van der Waals surface area (Å²) < 4.78 is 31.9. The predicted octanol–water partition coefficient (Wildman–Crippen LogP) is 1.68. The van der Waals surface area contributed by atoms with E-state index in [9.17, 15) is 13.2 Å². The Kier molecular flexibility index (Phi) is 5.85. The number of hydrogen-bond donors (Lipinski definition) is 2. The standard InChI is InChI=1S/C14H20N2O4S2/c1-10-9-21-13-5-4-11(8-12(13)16-14(10)17)22(18,19)15-6-3-7-20-2/h4-5,8,10,15H,3,6-7,9H2,1-2H3,(H,16,17). The number of sulfonamides is 1. The van der Waals surface area contributed by atoms with Crippen LogP contribution < -0.4 is 10.0 Å². The Bertz CT molecular complexity index is 646. The molecule has 1 atom stereocenters. The van der Waals surface area contributed by atoms with Gasteiger partial charge in [0.25, 0.3) is 0 Å². The van der Waals surface area contributed by atoms with Gasteiger partial charge < -0.3 is 10.1 Å². The van der Waals surface area contributed by atoms with E-state index in [4.69, 9.17) is 4.74 Å². The van der Waals surface area contributed by atoms with Gasteiger partial charge in [-0.05, 0) is 24.6 Å². The van der Waals surface area contributed by atoms with Crippen molar-refractivity contribution in [2.24, 2.45) is 5.92 Å². The third kappa shape index (κ3) is 4.22. The number of hydrogen-bond acceptors (Lipinski definition) is 5. The van der Waals surface area contributed by atoms with Crippen molar-refractivity contribution in [1.82, 2.24) is 4.72 Å². The molecular formula is C14H20N2O4S2. The number of thioether (sulfide) groups is 1. The number of anilines is 1. The largest absolute Gasteiger partial charge is 0.385 e. The lowest BCUT2D eigenvalue weighted by Crippen LogP contribution is -2.26. The highest BCUT2D eigenvalue weighted by atomic mass is 32.2. The average Bonchev–Trinajstić information content (AvgIpc) is 2.63. The van der Waals surface area contributed by atoms with E-state index in [1.165, 1.54) is 6.07 Å². The lowest BCUT2D eigenvalue weighted by Gasteiger charge is -2.11. The van der Waals surface area contributed by atoms with Gasteiger partial charge in [-0.15, -0.1) is 11.8 Å². The van der Waals surface area contributed by atoms with Gasteiger partial charge in [0.05, 0.1) is 10.6 Å². The molecule has 0 radical (unpaired) electrons. The first kappa shape index (κ1) is 17.3. The van der Waals surface area contributed by atoms with E-state index in [0.29, 0.717) is 31.0 Å². The van der Waals surface area contributed by atoms with Crippen LogP contribution in [0.15, 0.2) is 28.0 Å². The Morgan fingerprint density at radius 3 is 2.95 bits per heavy atom. The zero-order valence-corrected chi connectivity index (χ0v) is 14.2. The van der Waals surface area contributed by atoms with Crippen LogP contribution in [0.5, 0.6) is 0 Å².